The molecule has 1 saturated heterocycles. The van der Waals surface area contributed by atoms with E-state index in [0.29, 0.717) is 12.2 Å². The van der Waals surface area contributed by atoms with E-state index in [-0.39, 0.29) is 11.9 Å². The highest BCUT2D eigenvalue weighted by molar-refractivity contribution is 5.28. The highest BCUT2D eigenvalue weighted by Gasteiger charge is 2.33. The third-order valence-electron chi connectivity index (χ3n) is 3.34. The molecule has 1 aromatic carbocycles. The summed E-state index contributed by atoms with van der Waals surface area (Å²) >= 11 is 0. The standard InChI is InChI=1S/C13H18FNO/c1-9-3-4-10(7-12(9)14)13(2)8-11(15)5-6-16-13/h3-4,7,11H,5-6,8,15H2,1-2H3. The van der Waals surface area contributed by atoms with Gasteiger partial charge in [0.2, 0.25) is 0 Å². The number of benzene rings is 1. The Kier molecular flexibility index (Phi) is 3.00. The number of hydrogen-bond acceptors (Lipinski definition) is 2. The maximum absolute atomic E-state index is 13.5. The molecule has 0 saturated carbocycles. The maximum Gasteiger partial charge on any atom is 0.126 e. The average Bonchev–Trinajstić information content (AvgIpc) is 2.21. The van der Waals surface area contributed by atoms with E-state index >= 15 is 0 Å². The van der Waals surface area contributed by atoms with Crippen LogP contribution in [0.25, 0.3) is 0 Å². The highest BCUT2D eigenvalue weighted by Crippen LogP contribution is 2.34. The van der Waals surface area contributed by atoms with Crippen LogP contribution in [0.15, 0.2) is 18.2 Å². The predicted octanol–water partition coefficient (Wildman–Crippen LogP) is 2.49. The summed E-state index contributed by atoms with van der Waals surface area (Å²) in [5, 5.41) is 0. The second kappa shape index (κ2) is 4.15. The van der Waals surface area contributed by atoms with Gasteiger partial charge in [-0.1, -0.05) is 12.1 Å². The molecule has 0 bridgehead atoms. The van der Waals surface area contributed by atoms with E-state index in [1.54, 1.807) is 19.1 Å². The summed E-state index contributed by atoms with van der Waals surface area (Å²) in [6.45, 7) is 4.39. The van der Waals surface area contributed by atoms with Crippen molar-refractivity contribution in [3.05, 3.63) is 35.1 Å². The van der Waals surface area contributed by atoms with E-state index in [1.165, 1.54) is 0 Å². The van der Waals surface area contributed by atoms with Crippen LogP contribution in [0.2, 0.25) is 0 Å². The molecule has 2 nitrogen and oxygen atoms in total. The van der Waals surface area contributed by atoms with Gasteiger partial charge in [-0.05, 0) is 43.9 Å². The van der Waals surface area contributed by atoms with Crippen LogP contribution in [0, 0.1) is 12.7 Å². The molecule has 0 radical (unpaired) electrons. The summed E-state index contributed by atoms with van der Waals surface area (Å²) < 4.78 is 19.3. The largest absolute Gasteiger partial charge is 0.370 e. The van der Waals surface area contributed by atoms with Crippen LogP contribution in [-0.4, -0.2) is 12.6 Å². The SMILES string of the molecule is Cc1ccc(C2(C)CC(N)CCO2)cc1F. The van der Waals surface area contributed by atoms with Gasteiger partial charge in [0.25, 0.3) is 0 Å². The van der Waals surface area contributed by atoms with Crippen molar-refractivity contribution in [3.63, 3.8) is 0 Å². The topological polar surface area (TPSA) is 35.2 Å². The number of rotatable bonds is 1. The van der Waals surface area contributed by atoms with Gasteiger partial charge >= 0.3 is 0 Å². The number of hydrogen-bond donors (Lipinski definition) is 1. The minimum atomic E-state index is -0.438. The molecule has 1 aliphatic rings. The first-order valence-corrected chi connectivity index (χ1v) is 5.67. The monoisotopic (exact) mass is 223 g/mol. The molecular weight excluding hydrogens is 205 g/mol. The van der Waals surface area contributed by atoms with Gasteiger partial charge in [-0.15, -0.1) is 0 Å². The molecule has 2 rings (SSSR count). The molecule has 3 heteroatoms. The molecule has 0 spiro atoms. The maximum atomic E-state index is 13.5. The minimum absolute atomic E-state index is 0.142. The van der Waals surface area contributed by atoms with Crippen molar-refractivity contribution < 1.29 is 9.13 Å². The fourth-order valence-corrected chi connectivity index (χ4v) is 2.22. The molecule has 16 heavy (non-hydrogen) atoms. The molecule has 2 N–H and O–H groups in total. The zero-order valence-corrected chi connectivity index (χ0v) is 9.79. The second-order valence-corrected chi connectivity index (χ2v) is 4.80. The molecule has 1 fully saturated rings. The molecule has 0 aliphatic carbocycles. The third-order valence-corrected chi connectivity index (χ3v) is 3.34. The van der Waals surface area contributed by atoms with Crippen molar-refractivity contribution in [2.75, 3.05) is 6.61 Å². The number of halogens is 1. The van der Waals surface area contributed by atoms with Gasteiger partial charge < -0.3 is 10.5 Å². The van der Waals surface area contributed by atoms with Crippen molar-refractivity contribution >= 4 is 0 Å². The quantitative estimate of drug-likeness (QED) is 0.794. The highest BCUT2D eigenvalue weighted by atomic mass is 19.1. The van der Waals surface area contributed by atoms with Crippen LogP contribution in [0.3, 0.4) is 0 Å². The van der Waals surface area contributed by atoms with Gasteiger partial charge in [-0.2, -0.15) is 0 Å². The molecule has 2 atom stereocenters. The molecule has 1 heterocycles. The van der Waals surface area contributed by atoms with Crippen LogP contribution in [0.1, 0.15) is 30.9 Å². The van der Waals surface area contributed by atoms with Gasteiger partial charge in [0.05, 0.1) is 5.60 Å². The lowest BCUT2D eigenvalue weighted by atomic mass is 9.85. The first-order chi connectivity index (χ1) is 7.51. The van der Waals surface area contributed by atoms with Gasteiger partial charge in [-0.25, -0.2) is 4.39 Å². The minimum Gasteiger partial charge on any atom is -0.370 e. The van der Waals surface area contributed by atoms with E-state index in [1.807, 2.05) is 13.0 Å². The summed E-state index contributed by atoms with van der Waals surface area (Å²) in [6.07, 6.45) is 1.62. The Morgan fingerprint density at radius 2 is 2.25 bits per heavy atom. The Morgan fingerprint density at radius 1 is 1.50 bits per heavy atom. The Hall–Kier alpha value is -0.930. The van der Waals surface area contributed by atoms with Crippen LogP contribution in [0.5, 0.6) is 0 Å². The zero-order valence-electron chi connectivity index (χ0n) is 9.79. The van der Waals surface area contributed by atoms with Gasteiger partial charge in [0, 0.05) is 12.6 Å². The average molecular weight is 223 g/mol. The summed E-state index contributed by atoms with van der Waals surface area (Å²) in [4.78, 5) is 0. The van der Waals surface area contributed by atoms with E-state index < -0.39 is 5.60 Å². The number of ether oxygens (including phenoxy) is 1. The number of aryl methyl sites for hydroxylation is 1. The van der Waals surface area contributed by atoms with Crippen molar-refractivity contribution in [1.82, 2.24) is 0 Å². The Labute approximate surface area is 95.6 Å². The summed E-state index contributed by atoms with van der Waals surface area (Å²) in [6, 6.07) is 5.42. The van der Waals surface area contributed by atoms with Crippen molar-refractivity contribution in [2.24, 2.45) is 5.73 Å². The lowest BCUT2D eigenvalue weighted by molar-refractivity contribution is -0.0767. The lowest BCUT2D eigenvalue weighted by Gasteiger charge is -2.37. The molecule has 1 aromatic rings. The van der Waals surface area contributed by atoms with Crippen LogP contribution < -0.4 is 5.73 Å². The Balaban J connectivity index is 2.31. The fourth-order valence-electron chi connectivity index (χ4n) is 2.22. The molecule has 2 unspecified atom stereocenters. The molecule has 0 amide bonds. The first kappa shape index (κ1) is 11.6. The molecule has 0 aromatic heterocycles. The Bertz CT molecular complexity index is 394. The van der Waals surface area contributed by atoms with E-state index in [9.17, 15) is 4.39 Å². The first-order valence-electron chi connectivity index (χ1n) is 5.67. The van der Waals surface area contributed by atoms with E-state index in [2.05, 4.69) is 0 Å². The third kappa shape index (κ3) is 2.11. The van der Waals surface area contributed by atoms with Gasteiger partial charge in [0.15, 0.2) is 0 Å². The van der Waals surface area contributed by atoms with Crippen molar-refractivity contribution in [2.45, 2.75) is 38.3 Å². The summed E-state index contributed by atoms with van der Waals surface area (Å²) in [5.74, 6) is -0.179. The van der Waals surface area contributed by atoms with Crippen molar-refractivity contribution in [3.8, 4) is 0 Å². The van der Waals surface area contributed by atoms with Gasteiger partial charge in [-0.3, -0.25) is 0 Å². The number of nitrogens with two attached hydrogens (primary N) is 1. The fraction of sp³-hybridized carbons (Fsp3) is 0.538. The normalized spacial score (nSPS) is 30.4. The Morgan fingerprint density at radius 3 is 2.88 bits per heavy atom. The summed E-state index contributed by atoms with van der Waals surface area (Å²) in [7, 11) is 0. The summed E-state index contributed by atoms with van der Waals surface area (Å²) in [5.41, 5.74) is 7.04. The van der Waals surface area contributed by atoms with Crippen LogP contribution in [-0.2, 0) is 10.3 Å². The van der Waals surface area contributed by atoms with Crippen LogP contribution >= 0.6 is 0 Å². The predicted molar refractivity (Wildman–Crippen MR) is 61.7 cm³/mol. The second-order valence-electron chi connectivity index (χ2n) is 4.80. The molecular formula is C13H18FNO. The van der Waals surface area contributed by atoms with E-state index in [0.717, 1.165) is 18.4 Å². The van der Waals surface area contributed by atoms with Gasteiger partial charge in [0.1, 0.15) is 5.82 Å². The molecule has 1 aliphatic heterocycles. The molecule has 88 valence electrons. The lowest BCUT2D eigenvalue weighted by Crippen LogP contribution is -2.41. The van der Waals surface area contributed by atoms with E-state index in [4.69, 9.17) is 10.5 Å². The van der Waals surface area contributed by atoms with Crippen molar-refractivity contribution in [1.29, 1.82) is 0 Å². The zero-order chi connectivity index (χ0) is 11.8. The smallest absolute Gasteiger partial charge is 0.126 e. The van der Waals surface area contributed by atoms with Crippen LogP contribution in [0.4, 0.5) is 4.39 Å².